The standard InChI is InChI=1S/C18H14Cl2N2O5/c1-25-12-2-3-13-10(8-26-15(13)6-12)4-17(24)27-9-16(23)22-18-14(20)5-11(19)7-21-18/h2-3,5-8H,4,9H2,1H3,(H,21,22,23). The van der Waals surface area contributed by atoms with Crippen LogP contribution in [0.4, 0.5) is 5.82 Å². The van der Waals surface area contributed by atoms with Crippen LogP contribution in [-0.2, 0) is 20.7 Å². The average Bonchev–Trinajstić information content (AvgIpc) is 3.04. The van der Waals surface area contributed by atoms with E-state index in [0.29, 0.717) is 21.9 Å². The number of hydrogen-bond donors (Lipinski definition) is 1. The number of fused-ring (bicyclic) bond motifs is 1. The monoisotopic (exact) mass is 408 g/mol. The minimum atomic E-state index is -0.571. The van der Waals surface area contributed by atoms with Gasteiger partial charge >= 0.3 is 5.97 Å². The third kappa shape index (κ3) is 4.69. The summed E-state index contributed by atoms with van der Waals surface area (Å²) in [4.78, 5) is 27.8. The van der Waals surface area contributed by atoms with Gasteiger partial charge < -0.3 is 19.2 Å². The van der Waals surface area contributed by atoms with E-state index in [-0.39, 0.29) is 17.3 Å². The van der Waals surface area contributed by atoms with Crippen LogP contribution < -0.4 is 10.1 Å². The number of nitrogens with zero attached hydrogens (tertiary/aromatic N) is 1. The van der Waals surface area contributed by atoms with Gasteiger partial charge in [-0.1, -0.05) is 23.2 Å². The molecule has 1 N–H and O–H groups in total. The van der Waals surface area contributed by atoms with Crippen LogP contribution in [0.1, 0.15) is 5.56 Å². The van der Waals surface area contributed by atoms with Gasteiger partial charge in [-0.3, -0.25) is 9.59 Å². The summed E-state index contributed by atoms with van der Waals surface area (Å²) in [6.07, 6.45) is 2.78. The molecule has 0 fully saturated rings. The highest BCUT2D eigenvalue weighted by Crippen LogP contribution is 2.26. The van der Waals surface area contributed by atoms with E-state index in [4.69, 9.17) is 37.1 Å². The molecule has 27 heavy (non-hydrogen) atoms. The number of nitrogens with one attached hydrogen (secondary N) is 1. The predicted molar refractivity (Wildman–Crippen MR) is 100 cm³/mol. The number of ether oxygens (including phenoxy) is 2. The Bertz CT molecular complexity index is 1000. The summed E-state index contributed by atoms with van der Waals surface area (Å²) in [6.45, 7) is -0.469. The third-order valence-corrected chi connectivity index (χ3v) is 4.12. The zero-order chi connectivity index (χ0) is 19.4. The van der Waals surface area contributed by atoms with Crippen LogP contribution in [0.5, 0.6) is 5.75 Å². The van der Waals surface area contributed by atoms with Crippen molar-refractivity contribution in [1.82, 2.24) is 4.98 Å². The summed E-state index contributed by atoms with van der Waals surface area (Å²) in [5.41, 5.74) is 1.25. The summed E-state index contributed by atoms with van der Waals surface area (Å²) in [5.74, 6) is -0.352. The highest BCUT2D eigenvalue weighted by molar-refractivity contribution is 6.36. The topological polar surface area (TPSA) is 90.7 Å². The van der Waals surface area contributed by atoms with Crippen molar-refractivity contribution in [1.29, 1.82) is 0 Å². The second-order valence-corrected chi connectivity index (χ2v) is 6.34. The van der Waals surface area contributed by atoms with Crippen molar-refractivity contribution in [2.75, 3.05) is 19.0 Å². The number of halogens is 2. The average molecular weight is 409 g/mol. The van der Waals surface area contributed by atoms with Crippen LogP contribution in [0, 0.1) is 0 Å². The highest BCUT2D eigenvalue weighted by Gasteiger charge is 2.14. The fourth-order valence-electron chi connectivity index (χ4n) is 2.35. The van der Waals surface area contributed by atoms with Gasteiger partial charge in [-0.15, -0.1) is 0 Å². The van der Waals surface area contributed by atoms with E-state index in [1.165, 1.54) is 18.5 Å². The Labute approximate surface area is 164 Å². The molecule has 1 amide bonds. The lowest BCUT2D eigenvalue weighted by Gasteiger charge is -2.07. The summed E-state index contributed by atoms with van der Waals surface area (Å²) >= 11 is 11.7. The van der Waals surface area contributed by atoms with Gasteiger partial charge in [-0.05, 0) is 18.2 Å². The van der Waals surface area contributed by atoms with Crippen molar-refractivity contribution in [3.63, 3.8) is 0 Å². The molecule has 0 saturated carbocycles. The van der Waals surface area contributed by atoms with E-state index in [9.17, 15) is 9.59 Å². The van der Waals surface area contributed by atoms with Gasteiger partial charge in [0, 0.05) is 23.2 Å². The number of furan rings is 1. The maximum atomic E-state index is 12.0. The minimum absolute atomic E-state index is 0.0352. The molecule has 3 rings (SSSR count). The molecule has 0 radical (unpaired) electrons. The highest BCUT2D eigenvalue weighted by atomic mass is 35.5. The quantitative estimate of drug-likeness (QED) is 0.622. The molecule has 2 aromatic heterocycles. The Morgan fingerprint density at radius 2 is 2.07 bits per heavy atom. The molecule has 0 aliphatic heterocycles. The van der Waals surface area contributed by atoms with Crippen molar-refractivity contribution < 1.29 is 23.5 Å². The molecule has 0 saturated heterocycles. The maximum absolute atomic E-state index is 12.0. The second-order valence-electron chi connectivity index (χ2n) is 5.49. The molecular formula is C18H14Cl2N2O5. The number of carbonyl (C=O) groups excluding carboxylic acids is 2. The Morgan fingerprint density at radius 1 is 1.26 bits per heavy atom. The lowest BCUT2D eigenvalue weighted by Crippen LogP contribution is -2.22. The summed E-state index contributed by atoms with van der Waals surface area (Å²) < 4.78 is 15.5. The first-order chi connectivity index (χ1) is 13.0. The first-order valence-corrected chi connectivity index (χ1v) is 8.52. The van der Waals surface area contributed by atoms with Crippen LogP contribution in [0.15, 0.2) is 41.1 Å². The van der Waals surface area contributed by atoms with Crippen LogP contribution in [0.2, 0.25) is 10.0 Å². The maximum Gasteiger partial charge on any atom is 0.310 e. The van der Waals surface area contributed by atoms with E-state index in [1.807, 2.05) is 0 Å². The normalized spacial score (nSPS) is 10.6. The molecule has 0 aliphatic carbocycles. The molecule has 0 bridgehead atoms. The van der Waals surface area contributed by atoms with E-state index in [2.05, 4.69) is 10.3 Å². The fraction of sp³-hybridized carbons (Fsp3) is 0.167. The minimum Gasteiger partial charge on any atom is -0.497 e. The summed E-state index contributed by atoms with van der Waals surface area (Å²) in [5, 5.41) is 3.74. The number of benzene rings is 1. The van der Waals surface area contributed by atoms with E-state index in [0.717, 1.165) is 5.39 Å². The molecular weight excluding hydrogens is 395 g/mol. The lowest BCUT2D eigenvalue weighted by molar-refractivity contribution is -0.146. The van der Waals surface area contributed by atoms with E-state index < -0.39 is 18.5 Å². The number of pyridine rings is 1. The fourth-order valence-corrected chi connectivity index (χ4v) is 2.78. The smallest absolute Gasteiger partial charge is 0.310 e. The van der Waals surface area contributed by atoms with Gasteiger partial charge in [0.25, 0.3) is 5.91 Å². The van der Waals surface area contributed by atoms with Gasteiger partial charge in [-0.2, -0.15) is 0 Å². The summed E-state index contributed by atoms with van der Waals surface area (Å²) in [6, 6.07) is 6.72. The number of rotatable bonds is 6. The molecule has 7 nitrogen and oxygen atoms in total. The van der Waals surface area contributed by atoms with Gasteiger partial charge in [0.1, 0.15) is 11.3 Å². The van der Waals surface area contributed by atoms with Gasteiger partial charge in [0.15, 0.2) is 12.4 Å². The Balaban J connectivity index is 1.56. The predicted octanol–water partition coefficient (Wildman–Crippen LogP) is 3.87. The number of carbonyl (C=O) groups is 2. The van der Waals surface area contributed by atoms with Crippen LogP contribution in [-0.4, -0.2) is 30.6 Å². The molecule has 0 spiro atoms. The Hall–Kier alpha value is -2.77. The first kappa shape index (κ1) is 19.0. The molecule has 140 valence electrons. The number of anilines is 1. The van der Waals surface area contributed by atoms with Crippen molar-refractivity contribution >= 4 is 51.9 Å². The van der Waals surface area contributed by atoms with Crippen molar-refractivity contribution in [2.45, 2.75) is 6.42 Å². The molecule has 3 aromatic rings. The Morgan fingerprint density at radius 3 is 2.81 bits per heavy atom. The molecule has 0 atom stereocenters. The SMILES string of the molecule is COc1ccc2c(CC(=O)OCC(=O)Nc3ncc(Cl)cc3Cl)coc2c1. The van der Waals surface area contributed by atoms with E-state index in [1.54, 1.807) is 25.3 Å². The first-order valence-electron chi connectivity index (χ1n) is 7.77. The number of aromatic nitrogens is 1. The lowest BCUT2D eigenvalue weighted by atomic mass is 10.1. The Kier molecular flexibility index (Phi) is 5.83. The van der Waals surface area contributed by atoms with Gasteiger partial charge in [0.2, 0.25) is 0 Å². The van der Waals surface area contributed by atoms with Crippen LogP contribution in [0.25, 0.3) is 11.0 Å². The van der Waals surface area contributed by atoms with Crippen LogP contribution >= 0.6 is 23.2 Å². The second kappa shape index (κ2) is 8.28. The molecule has 9 heteroatoms. The molecule has 2 heterocycles. The zero-order valence-electron chi connectivity index (χ0n) is 14.1. The van der Waals surface area contributed by atoms with Crippen molar-refractivity contribution in [3.8, 4) is 5.75 Å². The van der Waals surface area contributed by atoms with Gasteiger partial charge in [0.05, 0.1) is 29.8 Å². The number of methoxy groups -OCH3 is 1. The largest absolute Gasteiger partial charge is 0.497 e. The summed E-state index contributed by atoms with van der Waals surface area (Å²) in [7, 11) is 1.56. The number of hydrogen-bond acceptors (Lipinski definition) is 6. The number of esters is 1. The van der Waals surface area contributed by atoms with Gasteiger partial charge in [-0.25, -0.2) is 4.98 Å². The molecule has 1 aromatic carbocycles. The zero-order valence-corrected chi connectivity index (χ0v) is 15.6. The molecule has 0 aliphatic rings. The van der Waals surface area contributed by atoms with E-state index >= 15 is 0 Å². The van der Waals surface area contributed by atoms with Crippen molar-refractivity contribution in [2.24, 2.45) is 0 Å². The third-order valence-electron chi connectivity index (χ3n) is 3.63. The number of amides is 1. The van der Waals surface area contributed by atoms with Crippen molar-refractivity contribution in [3.05, 3.63) is 52.3 Å². The molecule has 0 unspecified atom stereocenters. The van der Waals surface area contributed by atoms with Crippen LogP contribution in [0.3, 0.4) is 0 Å².